The Labute approximate surface area is 198 Å². The van der Waals surface area contributed by atoms with Crippen LogP contribution in [0.1, 0.15) is 25.7 Å². The zero-order valence-electron chi connectivity index (χ0n) is 18.4. The Bertz CT molecular complexity index is 1190. The molecule has 2 aromatic carbocycles. The Morgan fingerprint density at radius 1 is 0.909 bits per heavy atom. The van der Waals surface area contributed by atoms with Crippen molar-refractivity contribution >= 4 is 22.7 Å². The number of oxazole rings is 1. The highest BCUT2D eigenvalue weighted by atomic mass is 35.5. The zero-order chi connectivity index (χ0) is 22.5. The van der Waals surface area contributed by atoms with Gasteiger partial charge in [-0.2, -0.15) is 0 Å². The van der Waals surface area contributed by atoms with E-state index in [1.807, 2.05) is 42.5 Å². The van der Waals surface area contributed by atoms with Crippen LogP contribution in [0.4, 0.5) is 0 Å². The molecule has 1 fully saturated rings. The molecule has 0 spiro atoms. The monoisotopic (exact) mass is 463 g/mol. The van der Waals surface area contributed by atoms with Crippen LogP contribution >= 0.6 is 11.6 Å². The van der Waals surface area contributed by atoms with Crippen LogP contribution in [0.25, 0.3) is 22.6 Å². The van der Waals surface area contributed by atoms with Crippen molar-refractivity contribution in [3.05, 3.63) is 65.9 Å². The molecule has 2 aromatic heterocycles. The third-order valence-corrected chi connectivity index (χ3v) is 5.96. The summed E-state index contributed by atoms with van der Waals surface area (Å²) in [5.74, 6) is 2.67. The molecule has 0 saturated carbocycles. The molecule has 4 aromatic rings. The van der Waals surface area contributed by atoms with Gasteiger partial charge in [0.25, 0.3) is 0 Å². The molecule has 170 valence electrons. The van der Waals surface area contributed by atoms with Gasteiger partial charge in [0.2, 0.25) is 5.89 Å². The van der Waals surface area contributed by atoms with Gasteiger partial charge in [-0.15, -0.1) is 0 Å². The third kappa shape index (κ3) is 5.64. The second-order valence-electron chi connectivity index (χ2n) is 8.20. The second-order valence-corrected chi connectivity index (χ2v) is 8.58. The number of ether oxygens (including phenoxy) is 2. The quantitative estimate of drug-likeness (QED) is 0.217. The van der Waals surface area contributed by atoms with Crippen molar-refractivity contribution in [3.8, 4) is 28.7 Å². The number of rotatable bonds is 8. The number of fused-ring (bicyclic) bond motifs is 1. The number of aromatic nitrogens is 2. The van der Waals surface area contributed by atoms with Gasteiger partial charge in [0.15, 0.2) is 5.58 Å². The lowest BCUT2D eigenvalue weighted by Gasteiger charge is -2.26. The molecule has 5 rings (SSSR count). The highest BCUT2D eigenvalue weighted by Gasteiger charge is 2.11. The lowest BCUT2D eigenvalue weighted by molar-refractivity contribution is 0.205. The van der Waals surface area contributed by atoms with E-state index in [2.05, 4.69) is 14.9 Å². The van der Waals surface area contributed by atoms with E-state index >= 15 is 0 Å². The molecule has 0 unspecified atom stereocenters. The van der Waals surface area contributed by atoms with E-state index in [0.717, 1.165) is 36.4 Å². The number of pyridine rings is 1. The van der Waals surface area contributed by atoms with Crippen molar-refractivity contribution in [3.63, 3.8) is 0 Å². The van der Waals surface area contributed by atoms with Crippen molar-refractivity contribution in [2.24, 2.45) is 0 Å². The van der Waals surface area contributed by atoms with Crippen molar-refractivity contribution < 1.29 is 13.9 Å². The standard InChI is InChI=1S/C26H26ClN3O3/c27-25-12-10-22(18-28-25)32-21-9-11-23-24(17-21)33-26(29-23)19-5-7-20(8-6-19)31-16-4-15-30-13-2-1-3-14-30/h5-12,17-18H,1-4,13-16H2. The van der Waals surface area contributed by atoms with Crippen LogP contribution in [0.15, 0.2) is 65.2 Å². The molecule has 0 atom stereocenters. The summed E-state index contributed by atoms with van der Waals surface area (Å²) in [7, 11) is 0. The molecule has 1 aliphatic rings. The number of hydrogen-bond acceptors (Lipinski definition) is 6. The number of piperidine rings is 1. The van der Waals surface area contributed by atoms with Crippen LogP contribution in [0.5, 0.6) is 17.2 Å². The topological polar surface area (TPSA) is 60.6 Å². The SMILES string of the molecule is Clc1ccc(Oc2ccc3nc(-c4ccc(OCCCN5CCCCC5)cc4)oc3c2)cn1. The molecule has 7 heteroatoms. The van der Waals surface area contributed by atoms with Crippen LogP contribution in [-0.2, 0) is 0 Å². The van der Waals surface area contributed by atoms with Crippen LogP contribution in [-0.4, -0.2) is 41.1 Å². The molecule has 0 amide bonds. The fraction of sp³-hybridized carbons (Fsp3) is 0.308. The highest BCUT2D eigenvalue weighted by molar-refractivity contribution is 6.29. The number of hydrogen-bond donors (Lipinski definition) is 0. The summed E-state index contributed by atoms with van der Waals surface area (Å²) in [6.45, 7) is 4.29. The van der Waals surface area contributed by atoms with Gasteiger partial charge in [0, 0.05) is 18.2 Å². The molecule has 0 N–H and O–H groups in total. The number of halogens is 1. The number of likely N-dealkylation sites (tertiary alicyclic amines) is 1. The van der Waals surface area contributed by atoms with Crippen LogP contribution in [0.3, 0.4) is 0 Å². The predicted octanol–water partition coefficient (Wildman–Crippen LogP) is 6.59. The van der Waals surface area contributed by atoms with Gasteiger partial charge in [-0.05, 0) is 80.9 Å². The first-order chi connectivity index (χ1) is 16.2. The van der Waals surface area contributed by atoms with Gasteiger partial charge in [0.05, 0.1) is 12.8 Å². The smallest absolute Gasteiger partial charge is 0.227 e. The first kappa shape index (κ1) is 21.7. The fourth-order valence-corrected chi connectivity index (χ4v) is 4.12. The summed E-state index contributed by atoms with van der Waals surface area (Å²) in [6, 6.07) is 16.9. The summed E-state index contributed by atoms with van der Waals surface area (Å²) in [4.78, 5) is 11.2. The van der Waals surface area contributed by atoms with E-state index in [1.54, 1.807) is 18.3 Å². The molecule has 0 radical (unpaired) electrons. The van der Waals surface area contributed by atoms with E-state index in [4.69, 9.17) is 25.5 Å². The van der Waals surface area contributed by atoms with Crippen LogP contribution < -0.4 is 9.47 Å². The minimum atomic E-state index is 0.423. The van der Waals surface area contributed by atoms with Gasteiger partial charge in [-0.3, -0.25) is 0 Å². The molecular weight excluding hydrogens is 438 g/mol. The molecule has 1 aliphatic heterocycles. The average molecular weight is 464 g/mol. The molecule has 0 aliphatic carbocycles. The summed E-state index contributed by atoms with van der Waals surface area (Å²) < 4.78 is 17.7. The predicted molar refractivity (Wildman–Crippen MR) is 129 cm³/mol. The fourth-order valence-electron chi connectivity index (χ4n) is 4.01. The molecule has 33 heavy (non-hydrogen) atoms. The molecule has 0 bridgehead atoms. The highest BCUT2D eigenvalue weighted by Crippen LogP contribution is 2.30. The molecule has 6 nitrogen and oxygen atoms in total. The van der Waals surface area contributed by atoms with E-state index in [1.165, 1.54) is 32.4 Å². The Morgan fingerprint density at radius 2 is 1.70 bits per heavy atom. The minimum Gasteiger partial charge on any atom is -0.494 e. The molecule has 1 saturated heterocycles. The second kappa shape index (κ2) is 10.2. The van der Waals surface area contributed by atoms with E-state index < -0.39 is 0 Å². The maximum atomic E-state index is 5.98. The van der Waals surface area contributed by atoms with Crippen molar-refractivity contribution in [2.75, 3.05) is 26.2 Å². The lowest BCUT2D eigenvalue weighted by atomic mass is 10.1. The normalized spacial score (nSPS) is 14.5. The van der Waals surface area contributed by atoms with Crippen molar-refractivity contribution in [2.45, 2.75) is 25.7 Å². The Kier molecular flexibility index (Phi) is 6.74. The van der Waals surface area contributed by atoms with Gasteiger partial charge in [-0.1, -0.05) is 18.0 Å². The van der Waals surface area contributed by atoms with Gasteiger partial charge >= 0.3 is 0 Å². The first-order valence-corrected chi connectivity index (χ1v) is 11.8. The van der Waals surface area contributed by atoms with Crippen LogP contribution in [0, 0.1) is 0 Å². The summed E-state index contributed by atoms with van der Waals surface area (Å²) >= 11 is 5.82. The molecular formula is C26H26ClN3O3. The zero-order valence-corrected chi connectivity index (χ0v) is 19.1. The van der Waals surface area contributed by atoms with Gasteiger partial charge in [0.1, 0.15) is 27.9 Å². The van der Waals surface area contributed by atoms with Crippen molar-refractivity contribution in [1.82, 2.24) is 14.9 Å². The number of nitrogens with zero attached hydrogens (tertiary/aromatic N) is 3. The third-order valence-electron chi connectivity index (χ3n) is 5.73. The number of benzene rings is 2. The minimum absolute atomic E-state index is 0.423. The Hall–Kier alpha value is -3.09. The Morgan fingerprint density at radius 3 is 2.48 bits per heavy atom. The Balaban J connectivity index is 1.19. The average Bonchev–Trinajstić information content (AvgIpc) is 3.28. The van der Waals surface area contributed by atoms with Crippen molar-refractivity contribution in [1.29, 1.82) is 0 Å². The molecule has 3 heterocycles. The largest absolute Gasteiger partial charge is 0.494 e. The maximum absolute atomic E-state index is 5.98. The van der Waals surface area contributed by atoms with Gasteiger partial charge in [-0.25, -0.2) is 9.97 Å². The van der Waals surface area contributed by atoms with E-state index in [0.29, 0.717) is 28.1 Å². The lowest BCUT2D eigenvalue weighted by Crippen LogP contribution is -2.31. The van der Waals surface area contributed by atoms with E-state index in [-0.39, 0.29) is 0 Å². The first-order valence-electron chi connectivity index (χ1n) is 11.4. The van der Waals surface area contributed by atoms with Crippen LogP contribution in [0.2, 0.25) is 5.15 Å². The van der Waals surface area contributed by atoms with E-state index in [9.17, 15) is 0 Å². The summed E-state index contributed by atoms with van der Waals surface area (Å²) in [5.41, 5.74) is 2.32. The summed E-state index contributed by atoms with van der Waals surface area (Å²) in [5, 5.41) is 0.423. The summed E-state index contributed by atoms with van der Waals surface area (Å²) in [6.07, 6.45) is 6.65. The maximum Gasteiger partial charge on any atom is 0.227 e. The van der Waals surface area contributed by atoms with Gasteiger partial charge < -0.3 is 18.8 Å².